The lowest BCUT2D eigenvalue weighted by molar-refractivity contribution is -0.305. The number of aliphatic hydroxyl groups is 4. The Hall–Kier alpha value is -1.82. The summed E-state index contributed by atoms with van der Waals surface area (Å²) in [6, 6.07) is 0. The van der Waals surface area contributed by atoms with Gasteiger partial charge in [-0.05, 0) is 44.9 Å². The molecule has 1 saturated heterocycles. The summed E-state index contributed by atoms with van der Waals surface area (Å²) in [5, 5.41) is 40.2. The van der Waals surface area contributed by atoms with E-state index in [-0.39, 0.29) is 32.0 Å². The van der Waals surface area contributed by atoms with Crippen molar-refractivity contribution in [3.8, 4) is 0 Å². The number of rotatable bonds is 44. The largest absolute Gasteiger partial charge is 0.462 e. The van der Waals surface area contributed by atoms with Crippen molar-refractivity contribution in [3.05, 3.63) is 24.3 Å². The highest BCUT2D eigenvalue weighted by atomic mass is 16.7. The summed E-state index contributed by atoms with van der Waals surface area (Å²) in [7, 11) is 0. The van der Waals surface area contributed by atoms with Gasteiger partial charge in [0.1, 0.15) is 31.0 Å². The first-order chi connectivity index (χ1) is 30.3. The molecule has 0 saturated carbocycles. The number of aliphatic hydroxyl groups excluding tert-OH is 4. The van der Waals surface area contributed by atoms with Gasteiger partial charge in [0.15, 0.2) is 12.4 Å². The van der Waals surface area contributed by atoms with Crippen molar-refractivity contribution in [2.24, 2.45) is 0 Å². The molecule has 1 aliphatic rings. The molecule has 1 heterocycles. The topological polar surface area (TPSA) is 152 Å². The minimum atomic E-state index is -1.59. The SMILES string of the molecule is CCCCC/C=C\C/C=C\CCCCCCCCCCCC(=O)OC(COC(=O)CCCCCCCCCCCCCCCCCCCC)COC1OC(CO)C(O)C(O)C1O. The maximum atomic E-state index is 12.8. The summed E-state index contributed by atoms with van der Waals surface area (Å²) < 4.78 is 22.3. The number of ether oxygens (including phenoxy) is 4. The standard InChI is InChI=1S/C52H96O10/c1-3-5-7-9-11-13-15-17-19-21-23-25-27-29-31-33-35-37-39-41-48(55)61-45(44-60-52-51(58)50(57)49(56)46(42-53)62-52)43-59-47(54)40-38-36-34-32-30-28-26-24-22-20-18-16-14-12-10-8-6-4-2/h11,13,17,19,45-46,49-53,56-58H,3-10,12,14-16,18,20-44H2,1-2H3/b13-11-,19-17-. The van der Waals surface area contributed by atoms with E-state index < -0.39 is 49.4 Å². The Kier molecular flexibility index (Phi) is 40.4. The molecule has 0 amide bonds. The summed E-state index contributed by atoms with van der Waals surface area (Å²) in [6.07, 6.45) is 41.8. The Bertz CT molecular complexity index is 1060. The van der Waals surface area contributed by atoms with Crippen LogP contribution in [0.1, 0.15) is 239 Å². The second-order valence-corrected chi connectivity index (χ2v) is 18.0. The molecule has 6 atom stereocenters. The van der Waals surface area contributed by atoms with Crippen molar-refractivity contribution in [1.29, 1.82) is 0 Å². The Morgan fingerprint density at radius 2 is 0.903 bits per heavy atom. The summed E-state index contributed by atoms with van der Waals surface area (Å²) in [4.78, 5) is 25.5. The van der Waals surface area contributed by atoms with E-state index in [2.05, 4.69) is 38.2 Å². The van der Waals surface area contributed by atoms with E-state index >= 15 is 0 Å². The molecule has 4 N–H and O–H groups in total. The Balaban J connectivity index is 2.25. The first-order valence-corrected chi connectivity index (χ1v) is 25.9. The first-order valence-electron chi connectivity index (χ1n) is 25.9. The molecule has 62 heavy (non-hydrogen) atoms. The van der Waals surface area contributed by atoms with Gasteiger partial charge < -0.3 is 39.4 Å². The van der Waals surface area contributed by atoms with Gasteiger partial charge in [0.05, 0.1) is 13.2 Å². The van der Waals surface area contributed by atoms with Crippen molar-refractivity contribution in [1.82, 2.24) is 0 Å². The first kappa shape index (κ1) is 58.2. The molecule has 0 bridgehead atoms. The van der Waals surface area contributed by atoms with Crippen LogP contribution in [0.5, 0.6) is 0 Å². The van der Waals surface area contributed by atoms with Gasteiger partial charge in [0.25, 0.3) is 0 Å². The molecular weight excluding hydrogens is 785 g/mol. The molecular formula is C52H96O10. The van der Waals surface area contributed by atoms with Crippen LogP contribution in [0.25, 0.3) is 0 Å². The molecule has 0 aromatic carbocycles. The quantitative estimate of drug-likeness (QED) is 0.0264. The van der Waals surface area contributed by atoms with E-state index in [0.29, 0.717) is 6.42 Å². The molecule has 0 aromatic rings. The van der Waals surface area contributed by atoms with Crippen LogP contribution in [0.2, 0.25) is 0 Å². The zero-order valence-corrected chi connectivity index (χ0v) is 39.9. The van der Waals surface area contributed by atoms with Crippen molar-refractivity contribution in [3.63, 3.8) is 0 Å². The third-order valence-electron chi connectivity index (χ3n) is 12.1. The van der Waals surface area contributed by atoms with E-state index in [9.17, 15) is 30.0 Å². The normalized spacial score (nSPS) is 19.7. The van der Waals surface area contributed by atoms with E-state index in [0.717, 1.165) is 51.4 Å². The van der Waals surface area contributed by atoms with Crippen molar-refractivity contribution < 1.29 is 49.0 Å². The molecule has 0 aliphatic carbocycles. The maximum absolute atomic E-state index is 12.8. The van der Waals surface area contributed by atoms with Gasteiger partial charge >= 0.3 is 11.9 Å². The minimum Gasteiger partial charge on any atom is -0.462 e. The monoisotopic (exact) mass is 881 g/mol. The van der Waals surface area contributed by atoms with Crippen molar-refractivity contribution >= 4 is 11.9 Å². The fourth-order valence-electron chi connectivity index (χ4n) is 7.99. The van der Waals surface area contributed by atoms with Crippen LogP contribution in [-0.2, 0) is 28.5 Å². The highest BCUT2D eigenvalue weighted by Gasteiger charge is 2.44. The lowest BCUT2D eigenvalue weighted by Crippen LogP contribution is -2.59. The summed E-state index contributed by atoms with van der Waals surface area (Å²) in [5.74, 6) is -0.798. The number of carbonyl (C=O) groups is 2. The number of hydrogen-bond donors (Lipinski definition) is 4. The second kappa shape index (κ2) is 43.1. The summed E-state index contributed by atoms with van der Waals surface area (Å²) in [5.41, 5.74) is 0. The van der Waals surface area contributed by atoms with Crippen LogP contribution in [0.15, 0.2) is 24.3 Å². The van der Waals surface area contributed by atoms with Crippen LogP contribution in [0.4, 0.5) is 0 Å². The predicted molar refractivity (Wildman–Crippen MR) is 252 cm³/mol. The maximum Gasteiger partial charge on any atom is 0.306 e. The smallest absolute Gasteiger partial charge is 0.306 e. The Labute approximate surface area is 379 Å². The van der Waals surface area contributed by atoms with Crippen molar-refractivity contribution in [2.45, 2.75) is 275 Å². The average molecular weight is 881 g/mol. The Morgan fingerprint density at radius 1 is 0.500 bits per heavy atom. The molecule has 10 nitrogen and oxygen atoms in total. The molecule has 0 aromatic heterocycles. The van der Waals surface area contributed by atoms with Crippen LogP contribution in [-0.4, -0.2) is 89.0 Å². The lowest BCUT2D eigenvalue weighted by Gasteiger charge is -2.39. The summed E-state index contributed by atoms with van der Waals surface area (Å²) >= 11 is 0. The fourth-order valence-corrected chi connectivity index (χ4v) is 7.99. The van der Waals surface area contributed by atoms with E-state index in [1.54, 1.807) is 0 Å². The zero-order valence-electron chi connectivity index (χ0n) is 39.9. The number of hydrogen-bond acceptors (Lipinski definition) is 10. The zero-order chi connectivity index (χ0) is 45.1. The molecule has 1 aliphatic heterocycles. The van der Waals surface area contributed by atoms with Crippen LogP contribution < -0.4 is 0 Å². The van der Waals surface area contributed by atoms with E-state index in [4.69, 9.17) is 18.9 Å². The van der Waals surface area contributed by atoms with Gasteiger partial charge in [-0.3, -0.25) is 9.59 Å². The molecule has 1 rings (SSSR count). The second-order valence-electron chi connectivity index (χ2n) is 18.0. The third kappa shape index (κ3) is 33.7. The highest BCUT2D eigenvalue weighted by molar-refractivity contribution is 5.70. The molecule has 0 radical (unpaired) electrons. The van der Waals surface area contributed by atoms with Crippen LogP contribution >= 0.6 is 0 Å². The van der Waals surface area contributed by atoms with Gasteiger partial charge in [-0.25, -0.2) is 0 Å². The van der Waals surface area contributed by atoms with Gasteiger partial charge in [-0.2, -0.15) is 0 Å². The average Bonchev–Trinajstić information content (AvgIpc) is 3.27. The van der Waals surface area contributed by atoms with Crippen LogP contribution in [0, 0.1) is 0 Å². The molecule has 10 heteroatoms. The highest BCUT2D eigenvalue weighted by Crippen LogP contribution is 2.23. The van der Waals surface area contributed by atoms with E-state index in [1.165, 1.54) is 154 Å². The predicted octanol–water partition coefficient (Wildman–Crippen LogP) is 12.1. The van der Waals surface area contributed by atoms with E-state index in [1.807, 2.05) is 0 Å². The lowest BCUT2D eigenvalue weighted by atomic mass is 9.99. The Morgan fingerprint density at radius 3 is 1.37 bits per heavy atom. The summed E-state index contributed by atoms with van der Waals surface area (Å²) in [6.45, 7) is 3.43. The number of unbranched alkanes of at least 4 members (excludes halogenated alkanes) is 29. The molecule has 0 spiro atoms. The number of carbonyl (C=O) groups excluding carboxylic acids is 2. The van der Waals surface area contributed by atoms with Crippen LogP contribution in [0.3, 0.4) is 0 Å². The fraction of sp³-hybridized carbons (Fsp3) is 0.885. The third-order valence-corrected chi connectivity index (χ3v) is 12.1. The molecule has 364 valence electrons. The van der Waals surface area contributed by atoms with Crippen molar-refractivity contribution in [2.75, 3.05) is 19.8 Å². The van der Waals surface area contributed by atoms with Gasteiger partial charge in [-0.1, -0.05) is 205 Å². The molecule has 1 fully saturated rings. The number of esters is 2. The van der Waals surface area contributed by atoms with Gasteiger partial charge in [0, 0.05) is 12.8 Å². The van der Waals surface area contributed by atoms with Gasteiger partial charge in [0.2, 0.25) is 0 Å². The van der Waals surface area contributed by atoms with Gasteiger partial charge in [-0.15, -0.1) is 0 Å². The molecule has 6 unspecified atom stereocenters. The minimum absolute atomic E-state index is 0.214. The number of allylic oxidation sites excluding steroid dienone is 4.